The first-order chi connectivity index (χ1) is 11.3. The van der Waals surface area contributed by atoms with Gasteiger partial charge in [-0.15, -0.1) is 11.6 Å². The van der Waals surface area contributed by atoms with Crippen LogP contribution in [0.25, 0.3) is 10.9 Å². The molecule has 3 rings (SSSR count). The third kappa shape index (κ3) is 3.56. The maximum Gasteiger partial charge on any atom is 0.274 e. The van der Waals surface area contributed by atoms with Gasteiger partial charge in [0.2, 0.25) is 5.56 Å². The molecule has 1 atom stereocenters. The van der Waals surface area contributed by atoms with E-state index in [1.807, 2.05) is 24.3 Å². The number of halogens is 1. The quantitative estimate of drug-likeness (QED) is 0.675. The largest absolute Gasteiger partial charge is 0.370 e. The lowest BCUT2D eigenvalue weighted by Crippen LogP contribution is -2.43. The highest BCUT2D eigenvalue weighted by Gasteiger charge is 2.38. The fourth-order valence-corrected chi connectivity index (χ4v) is 3.96. The zero-order valence-electron chi connectivity index (χ0n) is 13.0. The highest BCUT2D eigenvalue weighted by molar-refractivity contribution is 7.87. The van der Waals surface area contributed by atoms with Crippen LogP contribution in [0.5, 0.6) is 0 Å². The number of benzene rings is 1. The lowest BCUT2D eigenvalue weighted by molar-refractivity contribution is 0.373. The topological polar surface area (TPSA) is 108 Å². The number of nitrogens with one attached hydrogen (secondary N) is 2. The van der Waals surface area contributed by atoms with Crippen molar-refractivity contribution in [2.75, 3.05) is 30.4 Å². The Morgan fingerprint density at radius 2 is 2.12 bits per heavy atom. The Bertz CT molecular complexity index is 914. The van der Waals surface area contributed by atoms with E-state index in [0.29, 0.717) is 25.4 Å². The molecule has 2 heterocycles. The van der Waals surface area contributed by atoms with E-state index >= 15 is 0 Å². The molecule has 1 saturated heterocycles. The van der Waals surface area contributed by atoms with Gasteiger partial charge in [-0.3, -0.25) is 4.79 Å². The van der Waals surface area contributed by atoms with Gasteiger partial charge in [0.1, 0.15) is 0 Å². The molecule has 9 heteroatoms. The van der Waals surface area contributed by atoms with Crippen LogP contribution in [0.15, 0.2) is 35.1 Å². The third-order valence-electron chi connectivity index (χ3n) is 4.44. The summed E-state index contributed by atoms with van der Waals surface area (Å²) in [5.41, 5.74) is 1.01. The Balaban J connectivity index is 1.91. The number of para-hydroxylation sites is 1. The Labute approximate surface area is 145 Å². The van der Waals surface area contributed by atoms with Gasteiger partial charge in [0.15, 0.2) is 0 Å². The predicted molar refractivity (Wildman–Crippen MR) is 95.7 cm³/mol. The number of fused-ring (bicyclic) bond motifs is 1. The van der Waals surface area contributed by atoms with Gasteiger partial charge in [0.25, 0.3) is 10.2 Å². The number of hydrogen-bond donors (Lipinski definition) is 3. The summed E-state index contributed by atoms with van der Waals surface area (Å²) >= 11 is 6.13. The van der Waals surface area contributed by atoms with Crippen molar-refractivity contribution in [1.82, 2.24) is 9.71 Å². The Kier molecular flexibility index (Phi) is 4.56. The number of anilines is 1. The molecule has 0 amide bonds. The summed E-state index contributed by atoms with van der Waals surface area (Å²) in [6, 6.07) is 9.15. The average Bonchev–Trinajstić information content (AvgIpc) is 2.96. The van der Waals surface area contributed by atoms with E-state index in [1.54, 1.807) is 6.07 Å². The summed E-state index contributed by atoms with van der Waals surface area (Å²) in [4.78, 5) is 16.8. The Morgan fingerprint density at radius 1 is 1.38 bits per heavy atom. The van der Waals surface area contributed by atoms with Crippen LogP contribution >= 0.6 is 11.6 Å². The second kappa shape index (κ2) is 6.36. The van der Waals surface area contributed by atoms with E-state index in [0.717, 1.165) is 16.6 Å². The molecule has 1 aliphatic rings. The van der Waals surface area contributed by atoms with Crippen LogP contribution in [0.2, 0.25) is 0 Å². The minimum absolute atomic E-state index is 0.172. The first kappa shape index (κ1) is 17.2. The maximum absolute atomic E-state index is 11.9. The molecule has 0 radical (unpaired) electrons. The van der Waals surface area contributed by atoms with Crippen LogP contribution in [-0.2, 0) is 10.2 Å². The molecule has 1 aliphatic heterocycles. The van der Waals surface area contributed by atoms with Crippen molar-refractivity contribution in [1.29, 1.82) is 0 Å². The summed E-state index contributed by atoms with van der Waals surface area (Å²) < 4.78 is 24.7. The van der Waals surface area contributed by atoms with Crippen LogP contribution in [0, 0.1) is 5.41 Å². The number of hydrogen-bond acceptors (Lipinski definition) is 4. The summed E-state index contributed by atoms with van der Waals surface area (Å²) in [6.45, 7) is 1.41. The van der Waals surface area contributed by atoms with Crippen LogP contribution in [0.4, 0.5) is 5.69 Å². The van der Waals surface area contributed by atoms with E-state index in [4.69, 9.17) is 16.7 Å². The molecule has 0 aliphatic carbocycles. The summed E-state index contributed by atoms with van der Waals surface area (Å²) in [6.07, 6.45) is 0.708. The minimum Gasteiger partial charge on any atom is -0.370 e. The smallest absolute Gasteiger partial charge is 0.274 e. The van der Waals surface area contributed by atoms with Gasteiger partial charge in [0.05, 0.1) is 11.2 Å². The monoisotopic (exact) mass is 370 g/mol. The number of aromatic nitrogens is 1. The zero-order chi connectivity index (χ0) is 17.4. The first-order valence-corrected chi connectivity index (χ1v) is 9.60. The predicted octanol–water partition coefficient (Wildman–Crippen LogP) is 0.757. The van der Waals surface area contributed by atoms with Crippen LogP contribution in [0.3, 0.4) is 0 Å². The van der Waals surface area contributed by atoms with Gasteiger partial charge in [-0.1, -0.05) is 18.2 Å². The number of aromatic amines is 1. The number of nitrogens with two attached hydrogens (primary N) is 1. The van der Waals surface area contributed by atoms with Gasteiger partial charge < -0.3 is 9.88 Å². The van der Waals surface area contributed by atoms with Crippen molar-refractivity contribution in [2.24, 2.45) is 10.6 Å². The molecule has 4 N–H and O–H groups in total. The molecule has 7 nitrogen and oxygen atoms in total. The fraction of sp³-hybridized carbons (Fsp3) is 0.400. The second-order valence-electron chi connectivity index (χ2n) is 6.24. The molecule has 2 aromatic rings. The number of rotatable bonds is 5. The van der Waals surface area contributed by atoms with Gasteiger partial charge in [-0.25, -0.2) is 9.86 Å². The first-order valence-electron chi connectivity index (χ1n) is 7.52. The van der Waals surface area contributed by atoms with E-state index < -0.39 is 15.6 Å². The molecule has 0 spiro atoms. The summed E-state index contributed by atoms with van der Waals surface area (Å²) in [7, 11) is -3.77. The SMILES string of the molecule is NS(=O)(=O)NCC1(CCl)CCN(c2cc(=O)[nH]c3ccccc23)C1. The van der Waals surface area contributed by atoms with Crippen molar-refractivity contribution in [3.63, 3.8) is 0 Å². The van der Waals surface area contributed by atoms with Crippen LogP contribution < -0.4 is 20.3 Å². The van der Waals surface area contributed by atoms with E-state index in [9.17, 15) is 13.2 Å². The normalized spacial score (nSPS) is 21.5. The molecule has 0 bridgehead atoms. The number of H-pyrrole nitrogens is 1. The van der Waals surface area contributed by atoms with Crippen molar-refractivity contribution in [3.05, 3.63) is 40.7 Å². The molecule has 0 saturated carbocycles. The zero-order valence-corrected chi connectivity index (χ0v) is 14.5. The lowest BCUT2D eigenvalue weighted by Gasteiger charge is -2.28. The molecule has 1 unspecified atom stereocenters. The molecular formula is C15H19ClN4O3S. The van der Waals surface area contributed by atoms with Crippen molar-refractivity contribution >= 4 is 38.4 Å². The standard InChI is InChI=1S/C15H19ClN4O3S/c16-8-15(9-18-24(17,22)23)5-6-20(10-15)13-7-14(21)19-12-4-2-1-3-11(12)13/h1-4,7,18H,5-6,8-10H2,(H,19,21)(H2,17,22,23). The van der Waals surface area contributed by atoms with Gasteiger partial charge in [-0.05, 0) is 12.5 Å². The number of nitrogens with zero attached hydrogens (tertiary/aromatic N) is 1. The van der Waals surface area contributed by atoms with Crippen LogP contribution in [-0.4, -0.2) is 38.9 Å². The Hall–Kier alpha value is -1.61. The fourth-order valence-electron chi connectivity index (χ4n) is 3.14. The molecule has 1 aromatic carbocycles. The molecule has 130 valence electrons. The number of alkyl halides is 1. The van der Waals surface area contributed by atoms with E-state index in [2.05, 4.69) is 14.6 Å². The van der Waals surface area contributed by atoms with Gasteiger partial charge in [-0.2, -0.15) is 8.42 Å². The van der Waals surface area contributed by atoms with Crippen molar-refractivity contribution < 1.29 is 8.42 Å². The van der Waals surface area contributed by atoms with Crippen molar-refractivity contribution in [3.8, 4) is 0 Å². The molecular weight excluding hydrogens is 352 g/mol. The number of pyridine rings is 1. The minimum atomic E-state index is -3.77. The second-order valence-corrected chi connectivity index (χ2v) is 7.88. The molecule has 1 fully saturated rings. The summed E-state index contributed by atoms with van der Waals surface area (Å²) in [5, 5.41) is 5.97. The van der Waals surface area contributed by atoms with E-state index in [1.165, 1.54) is 0 Å². The maximum atomic E-state index is 11.9. The van der Waals surface area contributed by atoms with Gasteiger partial charge >= 0.3 is 0 Å². The summed E-state index contributed by atoms with van der Waals surface area (Å²) in [5.74, 6) is 0.299. The van der Waals surface area contributed by atoms with Crippen LogP contribution in [0.1, 0.15) is 6.42 Å². The lowest BCUT2D eigenvalue weighted by atomic mass is 9.90. The van der Waals surface area contributed by atoms with Crippen molar-refractivity contribution in [2.45, 2.75) is 6.42 Å². The Morgan fingerprint density at radius 3 is 2.83 bits per heavy atom. The molecule has 1 aromatic heterocycles. The molecule has 24 heavy (non-hydrogen) atoms. The third-order valence-corrected chi connectivity index (χ3v) is 5.55. The average molecular weight is 371 g/mol. The van der Waals surface area contributed by atoms with E-state index in [-0.39, 0.29) is 12.1 Å². The highest BCUT2D eigenvalue weighted by atomic mass is 35.5. The van der Waals surface area contributed by atoms with Gasteiger partial charge in [0, 0.05) is 42.4 Å². The highest BCUT2D eigenvalue weighted by Crippen LogP contribution is 2.36.